The number of para-hydroxylation sites is 1. The molecule has 0 fully saturated rings. The van der Waals surface area contributed by atoms with Crippen molar-refractivity contribution in [2.45, 2.75) is 64.7 Å². The van der Waals surface area contributed by atoms with Crippen LogP contribution >= 0.6 is 0 Å². The molecule has 12 aromatic rings. The fourth-order valence-electron chi connectivity index (χ4n) is 13.7. The average Bonchev–Trinajstić information content (AvgIpc) is 4.03. The molecule has 77 heavy (non-hydrogen) atoms. The van der Waals surface area contributed by atoms with Crippen molar-refractivity contribution in [2.24, 2.45) is 0 Å². The van der Waals surface area contributed by atoms with Crippen LogP contribution in [-0.2, 0) is 16.2 Å². The highest BCUT2D eigenvalue weighted by Gasteiger charge is 2.38. The van der Waals surface area contributed by atoms with Crippen molar-refractivity contribution in [3.8, 4) is 33.4 Å². The Balaban J connectivity index is 1.09. The number of anilines is 9. The molecule has 2 aliphatic carbocycles. The number of rotatable bonds is 4. The first kappa shape index (κ1) is 45.5. The minimum absolute atomic E-state index is 0.0187. The molecule has 3 aliphatic rings. The van der Waals surface area contributed by atoms with E-state index in [9.17, 15) is 0 Å². The van der Waals surface area contributed by atoms with E-state index >= 15 is 0 Å². The number of benzene rings is 12. The van der Waals surface area contributed by atoms with Crippen LogP contribution in [0.15, 0.2) is 231 Å². The van der Waals surface area contributed by atoms with Gasteiger partial charge in [0.05, 0.1) is 17.1 Å². The summed E-state index contributed by atoms with van der Waals surface area (Å²) < 4.78 is 0. The molecule has 0 atom stereocenters. The van der Waals surface area contributed by atoms with E-state index in [0.29, 0.717) is 0 Å². The Morgan fingerprint density at radius 2 is 0.714 bits per heavy atom. The number of hydrogen-bond acceptors (Lipinski definition) is 3. The van der Waals surface area contributed by atoms with Gasteiger partial charge in [-0.3, -0.25) is 0 Å². The molecule has 0 N–H and O–H groups in total. The summed E-state index contributed by atoms with van der Waals surface area (Å²) in [6, 6.07) is 87.7. The van der Waals surface area contributed by atoms with E-state index < -0.39 is 0 Å². The molecule has 0 spiro atoms. The summed E-state index contributed by atoms with van der Waals surface area (Å²) in [6.07, 6.45) is 0. The number of hydrogen-bond donors (Lipinski definition) is 0. The van der Waals surface area contributed by atoms with E-state index in [1.54, 1.807) is 0 Å². The predicted molar refractivity (Wildman–Crippen MR) is 327 cm³/mol. The average molecular weight is 990 g/mol. The Hall–Kier alpha value is -8.92. The quantitative estimate of drug-likeness (QED) is 0.163. The lowest BCUT2D eigenvalue weighted by Crippen LogP contribution is -2.18. The second-order valence-corrected chi connectivity index (χ2v) is 23.8. The Morgan fingerprint density at radius 1 is 0.299 bits per heavy atom. The molecule has 0 saturated heterocycles. The standard InChI is InChI=1S/C74H59N3/c1-72(2,3)49-39-47-31-35-59-68-45-69(60-36-32-48(40-49)70(47)71(59)60)77(55-34-38-66-62(44-55)58-27-12-15-29-64(58)74(66,6)7)53-24-18-22-51(42-53)75(67-30-16-13-25-56(67)46-19-9-8-10-20-46)50-21-17-23-52(41-50)76(68)54-33-37-65-61(43-54)57-26-11-14-28-63(57)73(65,4)5/h8-45H,1-7H3. The molecule has 0 radical (unpaired) electrons. The smallest absolute Gasteiger partial charge is 0.0561 e. The topological polar surface area (TPSA) is 9.72 Å². The van der Waals surface area contributed by atoms with Gasteiger partial charge in [0, 0.05) is 66.7 Å². The van der Waals surface area contributed by atoms with Crippen molar-refractivity contribution in [3.05, 3.63) is 258 Å². The van der Waals surface area contributed by atoms with Crippen LogP contribution in [-0.4, -0.2) is 0 Å². The van der Waals surface area contributed by atoms with Gasteiger partial charge in [-0.1, -0.05) is 206 Å². The molecule has 15 rings (SSSR count). The van der Waals surface area contributed by atoms with Crippen LogP contribution in [0.25, 0.3) is 65.7 Å². The third kappa shape index (κ3) is 6.69. The number of fused-ring (bicyclic) bond motifs is 14. The van der Waals surface area contributed by atoms with Gasteiger partial charge in [-0.2, -0.15) is 0 Å². The van der Waals surface area contributed by atoms with Crippen LogP contribution in [0.3, 0.4) is 0 Å². The van der Waals surface area contributed by atoms with Crippen LogP contribution < -0.4 is 14.7 Å². The molecular formula is C74H59N3. The molecule has 3 heteroatoms. The Kier molecular flexibility index (Phi) is 9.62. The van der Waals surface area contributed by atoms with Gasteiger partial charge in [0.25, 0.3) is 0 Å². The van der Waals surface area contributed by atoms with E-state index in [1.165, 1.54) is 88.0 Å². The van der Waals surface area contributed by atoms with Crippen molar-refractivity contribution < 1.29 is 0 Å². The lowest BCUT2D eigenvalue weighted by Gasteiger charge is -2.35. The van der Waals surface area contributed by atoms with Crippen LogP contribution in [0, 0.1) is 0 Å². The summed E-state index contributed by atoms with van der Waals surface area (Å²) in [5, 5.41) is 7.50. The van der Waals surface area contributed by atoms with Crippen LogP contribution in [0.5, 0.6) is 0 Å². The van der Waals surface area contributed by atoms with E-state index in [0.717, 1.165) is 56.7 Å². The molecule has 12 aromatic carbocycles. The van der Waals surface area contributed by atoms with Gasteiger partial charge in [-0.05, 0) is 150 Å². The van der Waals surface area contributed by atoms with Crippen molar-refractivity contribution in [1.29, 1.82) is 0 Å². The molecule has 0 aromatic heterocycles. The van der Waals surface area contributed by atoms with E-state index in [1.807, 2.05) is 0 Å². The fourth-order valence-corrected chi connectivity index (χ4v) is 13.7. The molecule has 0 unspecified atom stereocenters. The van der Waals surface area contributed by atoms with Crippen LogP contribution in [0.4, 0.5) is 51.2 Å². The zero-order valence-corrected chi connectivity index (χ0v) is 44.8. The molecule has 1 heterocycles. The first-order valence-electron chi connectivity index (χ1n) is 27.3. The minimum atomic E-state index is -0.135. The maximum Gasteiger partial charge on any atom is 0.0561 e. The Morgan fingerprint density at radius 3 is 1.21 bits per heavy atom. The Bertz CT molecular complexity index is 4170. The monoisotopic (exact) mass is 989 g/mol. The summed E-state index contributed by atoms with van der Waals surface area (Å²) in [6.45, 7) is 16.5. The van der Waals surface area contributed by atoms with Crippen LogP contribution in [0.2, 0.25) is 0 Å². The molecule has 3 nitrogen and oxygen atoms in total. The zero-order valence-electron chi connectivity index (χ0n) is 44.8. The first-order chi connectivity index (χ1) is 37.3. The highest BCUT2D eigenvalue weighted by Crippen LogP contribution is 2.57. The third-order valence-corrected chi connectivity index (χ3v) is 17.6. The van der Waals surface area contributed by atoms with Crippen molar-refractivity contribution in [1.82, 2.24) is 0 Å². The molecule has 0 amide bonds. The lowest BCUT2D eigenvalue weighted by molar-refractivity contribution is 0.591. The fraction of sp³-hybridized carbons (Fsp3) is 0.135. The normalized spacial score (nSPS) is 14.8. The van der Waals surface area contributed by atoms with E-state index in [2.05, 4.69) is 294 Å². The SMILES string of the molecule is CC(C)(C)c1cc2ccc3c4cc(c5ccc(c1)c2c35)N(c1ccc2c(c1)-c1ccccc1C2(C)C)c1cccc(c1)N(c1ccccc1-c1ccccc1)c1cccc(c1)N4c1ccc2c(c1)-c1ccccc1C2(C)C. The van der Waals surface area contributed by atoms with Gasteiger partial charge in [0.1, 0.15) is 0 Å². The maximum atomic E-state index is 2.56. The lowest BCUT2D eigenvalue weighted by atomic mass is 9.82. The van der Waals surface area contributed by atoms with Gasteiger partial charge in [0.2, 0.25) is 0 Å². The van der Waals surface area contributed by atoms with Gasteiger partial charge < -0.3 is 14.7 Å². The second kappa shape index (κ2) is 16.3. The predicted octanol–water partition coefficient (Wildman–Crippen LogP) is 20.9. The van der Waals surface area contributed by atoms with Crippen molar-refractivity contribution in [2.75, 3.05) is 14.7 Å². The summed E-state index contributed by atoms with van der Waals surface area (Å²) in [4.78, 5) is 7.59. The summed E-state index contributed by atoms with van der Waals surface area (Å²) in [5.74, 6) is 0. The summed E-state index contributed by atoms with van der Waals surface area (Å²) in [7, 11) is 0. The third-order valence-electron chi connectivity index (χ3n) is 17.6. The van der Waals surface area contributed by atoms with Crippen molar-refractivity contribution >= 4 is 83.5 Å². The van der Waals surface area contributed by atoms with Crippen molar-refractivity contribution in [3.63, 3.8) is 0 Å². The molecule has 0 saturated carbocycles. The van der Waals surface area contributed by atoms with Gasteiger partial charge >= 0.3 is 0 Å². The molecule has 370 valence electrons. The largest absolute Gasteiger partial charge is 0.310 e. The van der Waals surface area contributed by atoms with Gasteiger partial charge in [-0.15, -0.1) is 0 Å². The number of nitrogens with zero attached hydrogens (tertiary/aromatic N) is 3. The molecule has 6 bridgehead atoms. The van der Waals surface area contributed by atoms with Gasteiger partial charge in [0.15, 0.2) is 0 Å². The maximum absolute atomic E-state index is 2.56. The minimum Gasteiger partial charge on any atom is -0.310 e. The highest BCUT2D eigenvalue weighted by molar-refractivity contribution is 6.29. The highest BCUT2D eigenvalue weighted by atomic mass is 15.2. The van der Waals surface area contributed by atoms with Gasteiger partial charge in [-0.25, -0.2) is 0 Å². The first-order valence-corrected chi connectivity index (χ1v) is 27.3. The molecule has 1 aliphatic heterocycles. The van der Waals surface area contributed by atoms with E-state index in [4.69, 9.17) is 0 Å². The Labute approximate surface area is 452 Å². The molecular weight excluding hydrogens is 931 g/mol. The van der Waals surface area contributed by atoms with E-state index in [-0.39, 0.29) is 16.2 Å². The summed E-state index contributed by atoms with van der Waals surface area (Å²) in [5.41, 5.74) is 23.8. The van der Waals surface area contributed by atoms with Crippen LogP contribution in [0.1, 0.15) is 76.3 Å². The second-order valence-electron chi connectivity index (χ2n) is 23.8. The zero-order chi connectivity index (χ0) is 52.1. The summed E-state index contributed by atoms with van der Waals surface area (Å²) >= 11 is 0.